The van der Waals surface area contributed by atoms with E-state index in [-0.39, 0.29) is 24.1 Å². The Morgan fingerprint density at radius 1 is 0.755 bits per heavy atom. The number of hydrogen-bond donors (Lipinski definition) is 2. The number of anilines is 2. The zero-order valence-corrected chi connectivity index (χ0v) is 28.4. The number of nitrogens with zero attached hydrogens (tertiary/aromatic N) is 4. The number of carbonyl (C=O) groups excluding carboxylic acids is 3. The molecule has 1 aliphatic carbocycles. The summed E-state index contributed by atoms with van der Waals surface area (Å²) in [6.45, 7) is 10.1. The predicted molar refractivity (Wildman–Crippen MR) is 190 cm³/mol. The molecule has 5 aliphatic rings. The van der Waals surface area contributed by atoms with Gasteiger partial charge in [-0.1, -0.05) is 25.1 Å². The highest BCUT2D eigenvalue weighted by atomic mass is 16.3. The molecule has 4 aliphatic heterocycles. The Labute approximate surface area is 288 Å². The minimum atomic E-state index is -0.580. The summed E-state index contributed by atoms with van der Waals surface area (Å²) in [5, 5.41) is 12.4. The Balaban J connectivity index is 0.816. The molecular weight excluding hydrogens is 614 g/mol. The molecule has 3 atom stereocenters. The summed E-state index contributed by atoms with van der Waals surface area (Å²) in [6, 6.07) is 20.7. The van der Waals surface area contributed by atoms with Crippen LogP contribution in [0.1, 0.15) is 77.6 Å². The molecule has 256 valence electrons. The summed E-state index contributed by atoms with van der Waals surface area (Å²) < 4.78 is 0. The second kappa shape index (κ2) is 13.2. The fourth-order valence-electron chi connectivity index (χ4n) is 9.05. The van der Waals surface area contributed by atoms with Gasteiger partial charge in [-0.3, -0.25) is 24.6 Å². The molecule has 3 fully saturated rings. The predicted octanol–water partition coefficient (Wildman–Crippen LogP) is 4.91. The molecule has 9 heteroatoms. The summed E-state index contributed by atoms with van der Waals surface area (Å²) in [7, 11) is 0. The van der Waals surface area contributed by atoms with Gasteiger partial charge in [0.15, 0.2) is 0 Å². The number of nitrogens with one attached hydrogen (secondary N) is 1. The number of phenolic OH excluding ortho intramolecular Hbond substituents is 1. The van der Waals surface area contributed by atoms with Crippen LogP contribution in [-0.2, 0) is 22.6 Å². The number of imide groups is 1. The quantitative estimate of drug-likeness (QED) is 0.363. The molecule has 0 spiro atoms. The molecule has 2 N–H and O–H groups in total. The molecule has 3 saturated heterocycles. The molecule has 9 nitrogen and oxygen atoms in total. The van der Waals surface area contributed by atoms with Crippen molar-refractivity contribution in [2.24, 2.45) is 11.8 Å². The largest absolute Gasteiger partial charge is 0.508 e. The van der Waals surface area contributed by atoms with E-state index < -0.39 is 6.04 Å². The second-order valence-electron chi connectivity index (χ2n) is 14.9. The van der Waals surface area contributed by atoms with Crippen molar-refractivity contribution in [3.63, 3.8) is 0 Å². The standard InChI is InChI=1S/C40H47N5O4/c1-26-2-3-29-23-33(46)9-11-34(29)38(26)28-4-6-31(7-5-28)43-16-14-27(15-17-43)24-42-18-20-44(21-19-42)32-8-10-35-30(22-32)25-45(40(35)49)36-12-13-37(47)41-39(36)48/h4-11,22-23,26-27,36,38,46H,2-3,12-21,24-25H2,1H3,(H,41,47,48)/t26-,36?,38+/m0/s1. The van der Waals surface area contributed by atoms with Crippen molar-refractivity contribution in [3.05, 3.63) is 88.5 Å². The van der Waals surface area contributed by atoms with Gasteiger partial charge in [-0.2, -0.15) is 0 Å². The Morgan fingerprint density at radius 2 is 1.49 bits per heavy atom. The zero-order chi connectivity index (χ0) is 33.6. The molecule has 0 bridgehead atoms. The van der Waals surface area contributed by atoms with Gasteiger partial charge in [0.2, 0.25) is 11.8 Å². The van der Waals surface area contributed by atoms with Gasteiger partial charge in [0.05, 0.1) is 0 Å². The minimum absolute atomic E-state index is 0.119. The lowest BCUT2D eigenvalue weighted by Gasteiger charge is -2.40. The van der Waals surface area contributed by atoms with E-state index in [4.69, 9.17) is 0 Å². The molecule has 0 saturated carbocycles. The van der Waals surface area contributed by atoms with Gasteiger partial charge in [0, 0.05) is 81.6 Å². The smallest absolute Gasteiger partial charge is 0.255 e. The van der Waals surface area contributed by atoms with Crippen LogP contribution >= 0.6 is 0 Å². The number of hydrogen-bond acceptors (Lipinski definition) is 7. The number of aryl methyl sites for hydroxylation is 1. The average molecular weight is 662 g/mol. The van der Waals surface area contributed by atoms with Crippen LogP contribution in [0.2, 0.25) is 0 Å². The number of amides is 3. The summed E-state index contributed by atoms with van der Waals surface area (Å²) in [6.07, 6.45) is 5.26. The van der Waals surface area contributed by atoms with E-state index in [1.807, 2.05) is 24.3 Å². The third-order valence-corrected chi connectivity index (χ3v) is 11.9. The lowest BCUT2D eigenvalue weighted by Crippen LogP contribution is -2.52. The lowest BCUT2D eigenvalue weighted by molar-refractivity contribution is -0.136. The first-order chi connectivity index (χ1) is 23.8. The lowest BCUT2D eigenvalue weighted by atomic mass is 9.72. The van der Waals surface area contributed by atoms with Crippen LogP contribution in [0.4, 0.5) is 11.4 Å². The maximum atomic E-state index is 13.1. The number of phenols is 1. The second-order valence-corrected chi connectivity index (χ2v) is 14.9. The Bertz CT molecular complexity index is 1740. The first-order valence-corrected chi connectivity index (χ1v) is 18.2. The van der Waals surface area contributed by atoms with Crippen LogP contribution in [0.5, 0.6) is 5.75 Å². The van der Waals surface area contributed by atoms with E-state index in [2.05, 4.69) is 63.3 Å². The number of fused-ring (bicyclic) bond motifs is 2. The van der Waals surface area contributed by atoms with Gasteiger partial charge in [-0.25, -0.2) is 0 Å². The van der Waals surface area contributed by atoms with E-state index in [9.17, 15) is 19.5 Å². The number of piperidine rings is 2. The first kappa shape index (κ1) is 31.9. The molecule has 49 heavy (non-hydrogen) atoms. The van der Waals surface area contributed by atoms with Crippen LogP contribution in [0, 0.1) is 11.8 Å². The topological polar surface area (TPSA) is 96.4 Å². The Morgan fingerprint density at radius 3 is 2.24 bits per heavy atom. The summed E-state index contributed by atoms with van der Waals surface area (Å²) in [4.78, 5) is 46.3. The average Bonchev–Trinajstić information content (AvgIpc) is 3.44. The van der Waals surface area contributed by atoms with E-state index in [0.717, 1.165) is 69.9 Å². The molecular formula is C40H47N5O4. The normalized spacial score (nSPS) is 25.0. The molecule has 3 aromatic carbocycles. The van der Waals surface area contributed by atoms with Crippen molar-refractivity contribution in [1.82, 2.24) is 15.1 Å². The van der Waals surface area contributed by atoms with Crippen molar-refractivity contribution < 1.29 is 19.5 Å². The minimum Gasteiger partial charge on any atom is -0.508 e. The van der Waals surface area contributed by atoms with Crippen molar-refractivity contribution in [3.8, 4) is 5.75 Å². The summed E-state index contributed by atoms with van der Waals surface area (Å²) in [5.41, 5.74) is 8.12. The Kier molecular flexibility index (Phi) is 8.56. The van der Waals surface area contributed by atoms with Gasteiger partial charge >= 0.3 is 0 Å². The van der Waals surface area contributed by atoms with Crippen LogP contribution in [0.25, 0.3) is 0 Å². The molecule has 3 amide bonds. The van der Waals surface area contributed by atoms with E-state index in [1.54, 1.807) is 4.90 Å². The highest BCUT2D eigenvalue weighted by Gasteiger charge is 2.39. The molecule has 0 aromatic heterocycles. The first-order valence-electron chi connectivity index (χ1n) is 18.2. The fraction of sp³-hybridized carbons (Fsp3) is 0.475. The maximum absolute atomic E-state index is 13.1. The Hall–Kier alpha value is -4.37. The summed E-state index contributed by atoms with van der Waals surface area (Å²) >= 11 is 0. The van der Waals surface area contributed by atoms with Gasteiger partial charge in [0.1, 0.15) is 11.8 Å². The highest BCUT2D eigenvalue weighted by Crippen LogP contribution is 2.42. The van der Waals surface area contributed by atoms with Crippen LogP contribution in [-0.4, -0.2) is 84.5 Å². The molecule has 0 radical (unpaired) electrons. The van der Waals surface area contributed by atoms with Crippen molar-refractivity contribution in [2.75, 3.05) is 55.6 Å². The van der Waals surface area contributed by atoms with Gasteiger partial charge in [-0.05, 0) is 109 Å². The van der Waals surface area contributed by atoms with E-state index >= 15 is 0 Å². The number of aromatic hydroxyl groups is 1. The number of piperazine rings is 1. The van der Waals surface area contributed by atoms with Gasteiger partial charge < -0.3 is 19.8 Å². The molecule has 4 heterocycles. The number of carbonyl (C=O) groups is 3. The monoisotopic (exact) mass is 661 g/mol. The number of benzene rings is 3. The summed E-state index contributed by atoms with van der Waals surface area (Å²) in [5.74, 6) is 1.29. The van der Waals surface area contributed by atoms with Crippen molar-refractivity contribution >= 4 is 29.1 Å². The van der Waals surface area contributed by atoms with Crippen LogP contribution < -0.4 is 15.1 Å². The third kappa shape index (κ3) is 6.29. The fourth-order valence-corrected chi connectivity index (χ4v) is 9.05. The van der Waals surface area contributed by atoms with Crippen LogP contribution in [0.15, 0.2) is 60.7 Å². The van der Waals surface area contributed by atoms with E-state index in [0.29, 0.717) is 42.0 Å². The van der Waals surface area contributed by atoms with Crippen LogP contribution in [0.3, 0.4) is 0 Å². The van der Waals surface area contributed by atoms with Crippen molar-refractivity contribution in [1.29, 1.82) is 0 Å². The maximum Gasteiger partial charge on any atom is 0.255 e. The molecule has 1 unspecified atom stereocenters. The van der Waals surface area contributed by atoms with Gasteiger partial charge in [-0.15, -0.1) is 0 Å². The van der Waals surface area contributed by atoms with E-state index in [1.165, 1.54) is 35.2 Å². The number of rotatable bonds is 6. The van der Waals surface area contributed by atoms with Crippen molar-refractivity contribution in [2.45, 2.75) is 64.0 Å². The van der Waals surface area contributed by atoms with Gasteiger partial charge in [0.25, 0.3) is 5.91 Å². The highest BCUT2D eigenvalue weighted by molar-refractivity contribution is 6.05. The zero-order valence-electron chi connectivity index (χ0n) is 28.4. The molecule has 8 rings (SSSR count). The SMILES string of the molecule is C[C@H]1CCc2cc(O)ccc2[C@H]1c1ccc(N2CCC(CN3CCN(c4ccc5c(c4)CN(C4CCC(=O)NC4=O)C5=O)CC3)CC2)cc1. The molecule has 3 aromatic rings. The third-order valence-electron chi connectivity index (χ3n) is 11.9.